The second-order valence-electron chi connectivity index (χ2n) is 4.87. The van der Waals surface area contributed by atoms with Crippen LogP contribution >= 0.6 is 11.6 Å². The highest BCUT2D eigenvalue weighted by Crippen LogP contribution is 2.27. The van der Waals surface area contributed by atoms with Crippen LogP contribution in [0, 0.1) is 11.3 Å². The highest BCUT2D eigenvalue weighted by atomic mass is 35.5. The molecule has 1 N–H and O–H groups in total. The van der Waals surface area contributed by atoms with E-state index in [2.05, 4.69) is 4.72 Å². The predicted molar refractivity (Wildman–Crippen MR) is 78.7 cm³/mol. The van der Waals surface area contributed by atoms with E-state index in [1.165, 1.54) is 16.4 Å². The second kappa shape index (κ2) is 6.00. The zero-order valence-corrected chi connectivity index (χ0v) is 12.7. The van der Waals surface area contributed by atoms with Gasteiger partial charge in [0.05, 0.1) is 22.3 Å². The molecule has 1 aliphatic rings. The van der Waals surface area contributed by atoms with Crippen LogP contribution in [0.3, 0.4) is 0 Å². The first-order valence-corrected chi connectivity index (χ1v) is 8.25. The van der Waals surface area contributed by atoms with Crippen molar-refractivity contribution >= 4 is 27.5 Å². The molecule has 0 radical (unpaired) electrons. The lowest BCUT2D eigenvalue weighted by Crippen LogP contribution is -2.44. The number of hydrogen-bond donors (Lipinski definition) is 1. The van der Waals surface area contributed by atoms with E-state index in [9.17, 15) is 8.42 Å². The average molecular weight is 314 g/mol. The molecule has 108 valence electrons. The molecule has 7 heteroatoms. The predicted octanol–water partition coefficient (Wildman–Crippen LogP) is 2.74. The molecule has 1 saturated heterocycles. The summed E-state index contributed by atoms with van der Waals surface area (Å²) in [5, 5.41) is 9.14. The van der Waals surface area contributed by atoms with Crippen molar-refractivity contribution in [1.29, 1.82) is 5.26 Å². The molecular weight excluding hydrogens is 298 g/mol. The largest absolute Gasteiger partial charge is 0.301 e. The summed E-state index contributed by atoms with van der Waals surface area (Å²) < 4.78 is 28.7. The van der Waals surface area contributed by atoms with Gasteiger partial charge in [-0.15, -0.1) is 0 Å². The lowest BCUT2D eigenvalue weighted by Gasteiger charge is -2.32. The normalized spacial score (nSPS) is 20.4. The smallest absolute Gasteiger partial charge is 0.269 e. The molecule has 2 rings (SSSR count). The van der Waals surface area contributed by atoms with Gasteiger partial charge in [0.15, 0.2) is 0 Å². The third-order valence-corrected chi connectivity index (χ3v) is 5.35. The highest BCUT2D eigenvalue weighted by molar-refractivity contribution is 7.90. The first-order valence-electron chi connectivity index (χ1n) is 6.43. The standard InChI is InChI=1S/C13H16ClN3O2S/c1-10-4-2-3-7-17(10)20(18,19)16-13-8-11(9-15)5-6-12(13)14/h5-6,8,10,16H,2-4,7H2,1H3. The van der Waals surface area contributed by atoms with Crippen LogP contribution in [-0.4, -0.2) is 25.3 Å². The molecule has 0 aliphatic carbocycles. The van der Waals surface area contributed by atoms with E-state index in [-0.39, 0.29) is 16.8 Å². The van der Waals surface area contributed by atoms with Gasteiger partial charge in [0.25, 0.3) is 0 Å². The van der Waals surface area contributed by atoms with E-state index in [4.69, 9.17) is 16.9 Å². The average Bonchev–Trinajstić information content (AvgIpc) is 2.41. The third-order valence-electron chi connectivity index (χ3n) is 3.39. The first-order chi connectivity index (χ1) is 9.44. The Kier molecular flexibility index (Phi) is 4.53. The number of nitrogens with one attached hydrogen (secondary N) is 1. The van der Waals surface area contributed by atoms with Crippen LogP contribution in [0.1, 0.15) is 31.7 Å². The summed E-state index contributed by atoms with van der Waals surface area (Å²) in [6.45, 7) is 2.40. The van der Waals surface area contributed by atoms with Gasteiger partial charge >= 0.3 is 10.2 Å². The number of benzene rings is 1. The second-order valence-corrected chi connectivity index (χ2v) is 6.90. The minimum atomic E-state index is -3.64. The minimum absolute atomic E-state index is 0.0285. The van der Waals surface area contributed by atoms with Crippen molar-refractivity contribution in [3.05, 3.63) is 28.8 Å². The Morgan fingerprint density at radius 3 is 2.85 bits per heavy atom. The van der Waals surface area contributed by atoms with Crippen LogP contribution in [0.4, 0.5) is 5.69 Å². The molecule has 0 spiro atoms. The fourth-order valence-corrected chi connectivity index (χ4v) is 4.03. The van der Waals surface area contributed by atoms with Crippen LogP contribution in [0.15, 0.2) is 18.2 Å². The number of nitriles is 1. The van der Waals surface area contributed by atoms with Crippen molar-refractivity contribution in [3.63, 3.8) is 0 Å². The highest BCUT2D eigenvalue weighted by Gasteiger charge is 2.29. The number of hydrogen-bond acceptors (Lipinski definition) is 3. The molecule has 5 nitrogen and oxygen atoms in total. The zero-order valence-electron chi connectivity index (χ0n) is 11.1. The molecule has 20 heavy (non-hydrogen) atoms. The van der Waals surface area contributed by atoms with E-state index in [1.54, 1.807) is 6.07 Å². The van der Waals surface area contributed by atoms with Crippen molar-refractivity contribution in [1.82, 2.24) is 4.31 Å². The maximum atomic E-state index is 12.4. The van der Waals surface area contributed by atoms with Gasteiger partial charge in [0, 0.05) is 12.6 Å². The SMILES string of the molecule is CC1CCCCN1S(=O)(=O)Nc1cc(C#N)ccc1Cl. The summed E-state index contributed by atoms with van der Waals surface area (Å²) in [7, 11) is -3.64. The zero-order chi connectivity index (χ0) is 14.8. The Morgan fingerprint density at radius 2 is 2.20 bits per heavy atom. The van der Waals surface area contributed by atoms with Crippen LogP contribution in [0.2, 0.25) is 5.02 Å². The molecule has 1 aliphatic heterocycles. The van der Waals surface area contributed by atoms with E-state index < -0.39 is 10.2 Å². The Hall–Kier alpha value is -1.29. The van der Waals surface area contributed by atoms with Crippen molar-refractivity contribution in [2.24, 2.45) is 0 Å². The van der Waals surface area contributed by atoms with E-state index in [1.807, 2.05) is 13.0 Å². The fourth-order valence-electron chi connectivity index (χ4n) is 2.30. The summed E-state index contributed by atoms with van der Waals surface area (Å²) in [6, 6.07) is 6.43. The number of halogens is 1. The van der Waals surface area contributed by atoms with Crippen molar-refractivity contribution < 1.29 is 8.42 Å². The van der Waals surface area contributed by atoms with Crippen molar-refractivity contribution in [2.75, 3.05) is 11.3 Å². The molecule has 1 fully saturated rings. The third kappa shape index (κ3) is 3.23. The Morgan fingerprint density at radius 1 is 1.45 bits per heavy atom. The first kappa shape index (κ1) is 15.1. The van der Waals surface area contributed by atoms with Gasteiger partial charge in [-0.1, -0.05) is 18.0 Å². The Bertz CT molecular complexity index is 640. The van der Waals surface area contributed by atoms with Crippen LogP contribution in [0.25, 0.3) is 0 Å². The molecule has 1 unspecified atom stereocenters. The minimum Gasteiger partial charge on any atom is -0.269 e. The van der Waals surface area contributed by atoms with Gasteiger partial charge in [-0.25, -0.2) is 0 Å². The van der Waals surface area contributed by atoms with Gasteiger partial charge in [0.2, 0.25) is 0 Å². The van der Waals surface area contributed by atoms with Crippen molar-refractivity contribution in [2.45, 2.75) is 32.2 Å². The Labute approximate surface area is 124 Å². The monoisotopic (exact) mass is 313 g/mol. The van der Waals surface area contributed by atoms with Crippen LogP contribution < -0.4 is 4.72 Å². The molecular formula is C13H16ClN3O2S. The molecule has 0 aromatic heterocycles. The van der Waals surface area contributed by atoms with Gasteiger partial charge in [-0.05, 0) is 38.0 Å². The maximum absolute atomic E-state index is 12.4. The molecule has 0 amide bonds. The summed E-state index contributed by atoms with van der Waals surface area (Å²) in [6.07, 6.45) is 2.75. The number of nitrogens with zero attached hydrogens (tertiary/aromatic N) is 2. The summed E-state index contributed by atoms with van der Waals surface area (Å²) in [5.41, 5.74) is 0.599. The molecule has 1 aromatic carbocycles. The van der Waals surface area contributed by atoms with Gasteiger partial charge in [0.1, 0.15) is 0 Å². The van der Waals surface area contributed by atoms with E-state index >= 15 is 0 Å². The topological polar surface area (TPSA) is 73.2 Å². The lowest BCUT2D eigenvalue weighted by atomic mass is 10.1. The summed E-state index contributed by atoms with van der Waals surface area (Å²) in [4.78, 5) is 0. The van der Waals surface area contributed by atoms with Gasteiger partial charge in [-0.3, -0.25) is 4.72 Å². The van der Waals surface area contributed by atoms with E-state index in [0.29, 0.717) is 12.1 Å². The quantitative estimate of drug-likeness (QED) is 0.932. The van der Waals surface area contributed by atoms with Gasteiger partial charge in [-0.2, -0.15) is 18.0 Å². The number of piperidine rings is 1. The lowest BCUT2D eigenvalue weighted by molar-refractivity contribution is 0.270. The number of rotatable bonds is 3. The molecule has 0 saturated carbocycles. The van der Waals surface area contributed by atoms with Crippen LogP contribution in [-0.2, 0) is 10.2 Å². The molecule has 0 bridgehead atoms. The maximum Gasteiger partial charge on any atom is 0.301 e. The summed E-state index contributed by atoms with van der Waals surface area (Å²) in [5.74, 6) is 0. The Balaban J connectivity index is 2.26. The number of anilines is 1. The van der Waals surface area contributed by atoms with Gasteiger partial charge < -0.3 is 0 Å². The van der Waals surface area contributed by atoms with Crippen molar-refractivity contribution in [3.8, 4) is 6.07 Å². The van der Waals surface area contributed by atoms with Crippen LogP contribution in [0.5, 0.6) is 0 Å². The van der Waals surface area contributed by atoms with E-state index in [0.717, 1.165) is 19.3 Å². The fraction of sp³-hybridized carbons (Fsp3) is 0.462. The molecule has 1 atom stereocenters. The molecule has 1 heterocycles. The summed E-state index contributed by atoms with van der Waals surface area (Å²) >= 11 is 5.98. The molecule has 1 aromatic rings.